The Balaban J connectivity index is 2.31. The van der Waals surface area contributed by atoms with Crippen LogP contribution in [-0.2, 0) is 10.0 Å². The predicted octanol–water partition coefficient (Wildman–Crippen LogP) is 3.16. The number of halogens is 1. The van der Waals surface area contributed by atoms with Gasteiger partial charge in [0.1, 0.15) is 0 Å². The van der Waals surface area contributed by atoms with E-state index in [0.717, 1.165) is 10.5 Å². The number of hydrogen-bond acceptors (Lipinski definition) is 4. The van der Waals surface area contributed by atoms with Crippen molar-refractivity contribution in [3.63, 3.8) is 0 Å². The second kappa shape index (κ2) is 5.59. The smallest absolute Gasteiger partial charge is 0.271 e. The van der Waals surface area contributed by atoms with E-state index < -0.39 is 14.9 Å². The summed E-state index contributed by atoms with van der Waals surface area (Å²) in [6.45, 7) is 0. The molecule has 0 radical (unpaired) electrons. The predicted molar refractivity (Wildman–Crippen MR) is 78.0 cm³/mol. The van der Waals surface area contributed by atoms with Crippen LogP contribution >= 0.6 is 15.9 Å². The lowest BCUT2D eigenvalue weighted by Gasteiger charge is -2.07. The standard InChI is InChI=1S/C12H9BrN2O4S/c13-9-4-6-12(7-5-9)20(18,19)14-10-2-1-3-11(8-10)15(16)17/h1-8,14H. The zero-order valence-electron chi connectivity index (χ0n) is 9.99. The summed E-state index contributed by atoms with van der Waals surface area (Å²) in [6.07, 6.45) is 0. The molecule has 0 saturated heterocycles. The summed E-state index contributed by atoms with van der Waals surface area (Å²) in [4.78, 5) is 10.1. The van der Waals surface area contributed by atoms with Gasteiger partial charge in [-0.1, -0.05) is 22.0 Å². The van der Waals surface area contributed by atoms with E-state index in [1.54, 1.807) is 12.1 Å². The second-order valence-electron chi connectivity index (χ2n) is 3.87. The average molecular weight is 357 g/mol. The van der Waals surface area contributed by atoms with E-state index in [-0.39, 0.29) is 16.3 Å². The fraction of sp³-hybridized carbons (Fsp3) is 0. The van der Waals surface area contributed by atoms with Crippen molar-refractivity contribution in [2.45, 2.75) is 4.90 Å². The third-order valence-electron chi connectivity index (χ3n) is 2.43. The number of non-ortho nitro benzene ring substituents is 1. The van der Waals surface area contributed by atoms with Gasteiger partial charge in [-0.05, 0) is 30.3 Å². The Morgan fingerprint density at radius 3 is 2.35 bits per heavy atom. The molecule has 1 N–H and O–H groups in total. The van der Waals surface area contributed by atoms with Crippen LogP contribution < -0.4 is 4.72 Å². The highest BCUT2D eigenvalue weighted by molar-refractivity contribution is 9.10. The maximum Gasteiger partial charge on any atom is 0.271 e. The Bertz CT molecular complexity index is 744. The summed E-state index contributed by atoms with van der Waals surface area (Å²) >= 11 is 3.21. The minimum atomic E-state index is -3.77. The monoisotopic (exact) mass is 356 g/mol. The zero-order chi connectivity index (χ0) is 14.8. The van der Waals surface area contributed by atoms with Crippen LogP contribution in [0.2, 0.25) is 0 Å². The van der Waals surface area contributed by atoms with Crippen molar-refractivity contribution in [1.29, 1.82) is 0 Å². The molecule has 20 heavy (non-hydrogen) atoms. The fourth-order valence-corrected chi connectivity index (χ4v) is 2.82. The zero-order valence-corrected chi connectivity index (χ0v) is 12.4. The third-order valence-corrected chi connectivity index (χ3v) is 4.36. The molecule has 0 aromatic heterocycles. The second-order valence-corrected chi connectivity index (χ2v) is 6.46. The molecule has 0 spiro atoms. The van der Waals surface area contributed by atoms with Crippen molar-refractivity contribution in [2.24, 2.45) is 0 Å². The van der Waals surface area contributed by atoms with E-state index in [1.807, 2.05) is 0 Å². The van der Waals surface area contributed by atoms with Crippen molar-refractivity contribution in [3.05, 3.63) is 63.1 Å². The van der Waals surface area contributed by atoms with Crippen molar-refractivity contribution in [2.75, 3.05) is 4.72 Å². The number of hydrogen-bond donors (Lipinski definition) is 1. The van der Waals surface area contributed by atoms with Crippen LogP contribution in [0.3, 0.4) is 0 Å². The van der Waals surface area contributed by atoms with Gasteiger partial charge in [0.2, 0.25) is 0 Å². The Morgan fingerprint density at radius 1 is 1.10 bits per heavy atom. The molecule has 2 rings (SSSR count). The lowest BCUT2D eigenvalue weighted by atomic mass is 10.3. The molecule has 0 bridgehead atoms. The van der Waals surface area contributed by atoms with Crippen molar-refractivity contribution < 1.29 is 13.3 Å². The number of anilines is 1. The van der Waals surface area contributed by atoms with Gasteiger partial charge in [-0.25, -0.2) is 8.42 Å². The van der Waals surface area contributed by atoms with Gasteiger partial charge in [-0.15, -0.1) is 0 Å². The molecule has 8 heteroatoms. The molecule has 0 unspecified atom stereocenters. The number of nitrogens with zero attached hydrogens (tertiary/aromatic N) is 1. The van der Waals surface area contributed by atoms with Gasteiger partial charge in [0, 0.05) is 16.6 Å². The van der Waals surface area contributed by atoms with Crippen LogP contribution in [0.5, 0.6) is 0 Å². The first-order valence-electron chi connectivity index (χ1n) is 5.41. The van der Waals surface area contributed by atoms with Gasteiger partial charge in [0.15, 0.2) is 0 Å². The molecule has 0 saturated carbocycles. The average Bonchev–Trinajstić information content (AvgIpc) is 2.39. The molecule has 0 fully saturated rings. The van der Waals surface area contributed by atoms with Crippen LogP contribution in [0.15, 0.2) is 57.9 Å². The Morgan fingerprint density at radius 2 is 1.75 bits per heavy atom. The summed E-state index contributed by atoms with van der Waals surface area (Å²) < 4.78 is 27.3. The lowest BCUT2D eigenvalue weighted by Crippen LogP contribution is -2.12. The molecule has 0 aliphatic rings. The van der Waals surface area contributed by atoms with Gasteiger partial charge in [-0.2, -0.15) is 0 Å². The topological polar surface area (TPSA) is 89.3 Å². The molecular formula is C12H9BrN2O4S. The van der Waals surface area contributed by atoms with E-state index in [9.17, 15) is 18.5 Å². The summed E-state index contributed by atoms with van der Waals surface area (Å²) in [5.74, 6) is 0. The molecule has 0 aliphatic carbocycles. The number of nitro benzene ring substituents is 1. The van der Waals surface area contributed by atoms with Gasteiger partial charge in [0.05, 0.1) is 15.5 Å². The molecule has 2 aromatic rings. The maximum atomic E-state index is 12.1. The highest BCUT2D eigenvalue weighted by Crippen LogP contribution is 2.21. The Kier molecular flexibility index (Phi) is 4.05. The summed E-state index contributed by atoms with van der Waals surface area (Å²) in [5.41, 5.74) is -0.0388. The first-order valence-corrected chi connectivity index (χ1v) is 7.69. The van der Waals surface area contributed by atoms with E-state index >= 15 is 0 Å². The van der Waals surface area contributed by atoms with Crippen LogP contribution in [0.1, 0.15) is 0 Å². The van der Waals surface area contributed by atoms with E-state index in [1.165, 1.54) is 30.3 Å². The van der Waals surface area contributed by atoms with Gasteiger partial charge < -0.3 is 0 Å². The molecule has 0 heterocycles. The summed E-state index contributed by atoms with van der Waals surface area (Å²) in [6, 6.07) is 11.4. The fourth-order valence-electron chi connectivity index (χ4n) is 1.51. The molecule has 0 amide bonds. The van der Waals surface area contributed by atoms with Crippen molar-refractivity contribution in [1.82, 2.24) is 0 Å². The van der Waals surface area contributed by atoms with Crippen molar-refractivity contribution >= 4 is 37.3 Å². The van der Waals surface area contributed by atoms with Crippen LogP contribution in [-0.4, -0.2) is 13.3 Å². The molecule has 6 nitrogen and oxygen atoms in total. The SMILES string of the molecule is O=[N+]([O-])c1cccc(NS(=O)(=O)c2ccc(Br)cc2)c1. The number of rotatable bonds is 4. The van der Waals surface area contributed by atoms with Gasteiger partial charge in [-0.3, -0.25) is 14.8 Å². The van der Waals surface area contributed by atoms with Crippen LogP contribution in [0.25, 0.3) is 0 Å². The van der Waals surface area contributed by atoms with Crippen LogP contribution in [0, 0.1) is 10.1 Å². The number of sulfonamides is 1. The van der Waals surface area contributed by atoms with Crippen molar-refractivity contribution in [3.8, 4) is 0 Å². The lowest BCUT2D eigenvalue weighted by molar-refractivity contribution is -0.384. The van der Waals surface area contributed by atoms with Gasteiger partial charge >= 0.3 is 0 Å². The Hall–Kier alpha value is -1.93. The quantitative estimate of drug-likeness (QED) is 0.672. The molecular weight excluding hydrogens is 348 g/mol. The minimum Gasteiger partial charge on any atom is -0.279 e. The number of nitro groups is 1. The molecule has 0 aliphatic heterocycles. The van der Waals surface area contributed by atoms with E-state index in [0.29, 0.717) is 0 Å². The highest BCUT2D eigenvalue weighted by Gasteiger charge is 2.15. The summed E-state index contributed by atoms with van der Waals surface area (Å²) in [7, 11) is -3.77. The maximum absolute atomic E-state index is 12.1. The van der Waals surface area contributed by atoms with Gasteiger partial charge in [0.25, 0.3) is 15.7 Å². The van der Waals surface area contributed by atoms with E-state index in [2.05, 4.69) is 20.7 Å². The third kappa shape index (κ3) is 3.34. The summed E-state index contributed by atoms with van der Waals surface area (Å²) in [5, 5.41) is 10.6. The van der Waals surface area contributed by atoms with E-state index in [4.69, 9.17) is 0 Å². The highest BCUT2D eigenvalue weighted by atomic mass is 79.9. The first-order chi connectivity index (χ1) is 9.38. The molecule has 104 valence electrons. The molecule has 0 atom stereocenters. The minimum absolute atomic E-state index is 0.0761. The largest absolute Gasteiger partial charge is 0.279 e. The molecule has 2 aromatic carbocycles. The number of benzene rings is 2. The first kappa shape index (κ1) is 14.5. The normalized spacial score (nSPS) is 11.1. The Labute approximate surface area is 123 Å². The van der Waals surface area contributed by atoms with Crippen LogP contribution in [0.4, 0.5) is 11.4 Å². The number of nitrogens with one attached hydrogen (secondary N) is 1.